The van der Waals surface area contributed by atoms with Gasteiger partial charge in [-0.3, -0.25) is 4.79 Å². The van der Waals surface area contributed by atoms with E-state index in [0.717, 1.165) is 0 Å². The van der Waals surface area contributed by atoms with Gasteiger partial charge in [0, 0.05) is 5.38 Å². The second kappa shape index (κ2) is 3.36. The molecule has 0 radical (unpaired) electrons. The summed E-state index contributed by atoms with van der Waals surface area (Å²) in [5.41, 5.74) is 6.42. The van der Waals surface area contributed by atoms with Crippen molar-refractivity contribution in [3.63, 3.8) is 0 Å². The first-order valence-corrected chi connectivity index (χ1v) is 4.08. The monoisotopic (exact) mass is 184 g/mol. The first-order chi connectivity index (χ1) is 5.59. The Morgan fingerprint density at radius 1 is 1.83 bits per heavy atom. The van der Waals surface area contributed by atoms with Crippen molar-refractivity contribution in [3.05, 3.63) is 17.7 Å². The third-order valence-electron chi connectivity index (χ3n) is 1.25. The number of aromatic nitrogens is 1. The molecular formula is C7H8N2O2S. The van der Waals surface area contributed by atoms with Crippen molar-refractivity contribution in [1.82, 2.24) is 4.98 Å². The molecule has 1 rings (SSSR count). The number of anilines is 1. The highest BCUT2D eigenvalue weighted by Gasteiger charge is 2.06. The molecule has 12 heavy (non-hydrogen) atoms. The fourth-order valence-corrected chi connectivity index (χ4v) is 1.33. The number of carboxylic acid groups (broad SMARTS) is 1. The minimum Gasteiger partial charge on any atom is -0.481 e. The number of nitrogens with two attached hydrogens (primary N) is 1. The second-order valence-corrected chi connectivity index (χ2v) is 3.13. The molecule has 0 bridgehead atoms. The van der Waals surface area contributed by atoms with Crippen molar-refractivity contribution in [2.24, 2.45) is 0 Å². The zero-order valence-electron chi connectivity index (χ0n) is 6.28. The van der Waals surface area contributed by atoms with Crippen molar-refractivity contribution in [2.45, 2.75) is 6.42 Å². The topological polar surface area (TPSA) is 76.2 Å². The summed E-state index contributed by atoms with van der Waals surface area (Å²) in [4.78, 5) is 14.2. The van der Waals surface area contributed by atoms with Crippen LogP contribution in [0.4, 0.5) is 5.13 Å². The van der Waals surface area contributed by atoms with Crippen molar-refractivity contribution in [1.29, 1.82) is 0 Å². The number of rotatable bonds is 3. The zero-order chi connectivity index (χ0) is 9.14. The lowest BCUT2D eigenvalue weighted by atomic mass is 10.2. The van der Waals surface area contributed by atoms with Crippen LogP contribution < -0.4 is 5.73 Å². The van der Waals surface area contributed by atoms with E-state index >= 15 is 0 Å². The highest BCUT2D eigenvalue weighted by atomic mass is 32.1. The van der Waals surface area contributed by atoms with Gasteiger partial charge in [0.05, 0.1) is 12.1 Å². The molecular weight excluding hydrogens is 176 g/mol. The lowest BCUT2D eigenvalue weighted by Gasteiger charge is -1.95. The summed E-state index contributed by atoms with van der Waals surface area (Å²) in [7, 11) is 0. The molecule has 0 aliphatic rings. The second-order valence-electron chi connectivity index (χ2n) is 2.25. The van der Waals surface area contributed by atoms with Gasteiger partial charge < -0.3 is 10.8 Å². The molecule has 5 heteroatoms. The van der Waals surface area contributed by atoms with Crippen LogP contribution in [-0.4, -0.2) is 16.1 Å². The Labute approximate surface area is 73.4 Å². The molecule has 0 amide bonds. The minimum atomic E-state index is -0.911. The number of hydrogen-bond acceptors (Lipinski definition) is 4. The van der Waals surface area contributed by atoms with E-state index in [-0.39, 0.29) is 6.42 Å². The highest BCUT2D eigenvalue weighted by molar-refractivity contribution is 7.13. The van der Waals surface area contributed by atoms with Crippen LogP contribution in [-0.2, 0) is 4.79 Å². The summed E-state index contributed by atoms with van der Waals surface area (Å²) >= 11 is 1.27. The van der Waals surface area contributed by atoms with E-state index in [2.05, 4.69) is 11.6 Å². The van der Waals surface area contributed by atoms with Gasteiger partial charge in [0.1, 0.15) is 0 Å². The Balaban J connectivity index is 2.72. The normalized spacial score (nSPS) is 9.67. The van der Waals surface area contributed by atoms with Gasteiger partial charge >= 0.3 is 5.97 Å². The van der Waals surface area contributed by atoms with Gasteiger partial charge in [0.25, 0.3) is 0 Å². The molecule has 0 saturated carbocycles. The maximum atomic E-state index is 10.3. The number of hydrogen-bond donors (Lipinski definition) is 2. The van der Waals surface area contributed by atoms with E-state index < -0.39 is 5.97 Å². The minimum absolute atomic E-state index is 0.0941. The van der Waals surface area contributed by atoms with Gasteiger partial charge in [0.15, 0.2) is 5.13 Å². The Morgan fingerprint density at radius 2 is 2.50 bits per heavy atom. The van der Waals surface area contributed by atoms with Gasteiger partial charge in [-0.1, -0.05) is 6.58 Å². The maximum Gasteiger partial charge on any atom is 0.307 e. The van der Waals surface area contributed by atoms with Gasteiger partial charge in [-0.2, -0.15) is 0 Å². The molecule has 0 fully saturated rings. The third kappa shape index (κ3) is 2.06. The van der Waals surface area contributed by atoms with Crippen LogP contribution in [0.1, 0.15) is 12.1 Å². The van der Waals surface area contributed by atoms with Gasteiger partial charge in [-0.05, 0) is 5.57 Å². The van der Waals surface area contributed by atoms with Crippen LogP contribution in [0.25, 0.3) is 5.57 Å². The Bertz CT molecular complexity index is 319. The van der Waals surface area contributed by atoms with E-state index in [9.17, 15) is 4.79 Å². The average Bonchev–Trinajstić information content (AvgIpc) is 2.34. The van der Waals surface area contributed by atoms with E-state index in [1.807, 2.05) is 0 Å². The summed E-state index contributed by atoms with van der Waals surface area (Å²) in [5.74, 6) is -0.911. The number of aliphatic carboxylic acids is 1. The first-order valence-electron chi connectivity index (χ1n) is 3.20. The molecule has 64 valence electrons. The smallest absolute Gasteiger partial charge is 0.307 e. The SMILES string of the molecule is C=C(CC(=O)O)c1csc(N)n1. The van der Waals surface area contributed by atoms with Gasteiger partial charge in [-0.25, -0.2) is 4.98 Å². The number of carboxylic acids is 1. The first kappa shape index (κ1) is 8.73. The summed E-state index contributed by atoms with van der Waals surface area (Å²) in [5, 5.41) is 10.6. The van der Waals surface area contributed by atoms with Crippen LogP contribution >= 0.6 is 11.3 Å². The molecule has 0 spiro atoms. The Hall–Kier alpha value is -1.36. The number of nitrogens with zero attached hydrogens (tertiary/aromatic N) is 1. The molecule has 0 aliphatic heterocycles. The molecule has 0 saturated heterocycles. The van der Waals surface area contributed by atoms with Crippen LogP contribution in [0.15, 0.2) is 12.0 Å². The number of nitrogen functional groups attached to an aromatic ring is 1. The molecule has 1 heterocycles. The van der Waals surface area contributed by atoms with Crippen molar-refractivity contribution >= 4 is 28.0 Å². The molecule has 0 atom stereocenters. The molecule has 4 nitrogen and oxygen atoms in total. The van der Waals surface area contributed by atoms with Crippen LogP contribution in [0.2, 0.25) is 0 Å². The van der Waals surface area contributed by atoms with Crippen LogP contribution in [0.3, 0.4) is 0 Å². The maximum absolute atomic E-state index is 10.3. The molecule has 3 N–H and O–H groups in total. The molecule has 0 unspecified atom stereocenters. The fourth-order valence-electron chi connectivity index (χ4n) is 0.723. The molecule has 0 aromatic carbocycles. The van der Waals surface area contributed by atoms with Crippen LogP contribution in [0, 0.1) is 0 Å². The quantitative estimate of drug-likeness (QED) is 0.740. The van der Waals surface area contributed by atoms with Gasteiger partial charge in [0.2, 0.25) is 0 Å². The molecule has 1 aromatic heterocycles. The van der Waals surface area contributed by atoms with Gasteiger partial charge in [-0.15, -0.1) is 11.3 Å². The number of carbonyl (C=O) groups is 1. The Kier molecular flexibility index (Phi) is 2.44. The lowest BCUT2D eigenvalue weighted by Crippen LogP contribution is -1.96. The molecule has 0 aliphatic carbocycles. The largest absolute Gasteiger partial charge is 0.481 e. The molecule has 1 aromatic rings. The highest BCUT2D eigenvalue weighted by Crippen LogP contribution is 2.19. The van der Waals surface area contributed by atoms with Crippen molar-refractivity contribution in [2.75, 3.05) is 5.73 Å². The zero-order valence-corrected chi connectivity index (χ0v) is 7.10. The third-order valence-corrected chi connectivity index (χ3v) is 1.92. The predicted molar refractivity (Wildman–Crippen MR) is 47.8 cm³/mol. The van der Waals surface area contributed by atoms with E-state index in [1.54, 1.807) is 5.38 Å². The fraction of sp³-hybridized carbons (Fsp3) is 0.143. The summed E-state index contributed by atoms with van der Waals surface area (Å²) < 4.78 is 0. The van der Waals surface area contributed by atoms with E-state index in [1.165, 1.54) is 11.3 Å². The predicted octanol–water partition coefficient (Wildman–Crippen LogP) is 1.21. The summed E-state index contributed by atoms with van der Waals surface area (Å²) in [6, 6.07) is 0. The average molecular weight is 184 g/mol. The summed E-state index contributed by atoms with van der Waals surface area (Å²) in [6.45, 7) is 3.59. The number of thiazole rings is 1. The standard InChI is InChI=1S/C7H8N2O2S/c1-4(2-6(10)11)5-3-12-7(8)9-5/h3H,1-2H2,(H2,8,9)(H,10,11). The van der Waals surface area contributed by atoms with Crippen molar-refractivity contribution in [3.8, 4) is 0 Å². The van der Waals surface area contributed by atoms with E-state index in [0.29, 0.717) is 16.4 Å². The van der Waals surface area contributed by atoms with Crippen LogP contribution in [0.5, 0.6) is 0 Å². The lowest BCUT2D eigenvalue weighted by molar-refractivity contribution is -0.135. The van der Waals surface area contributed by atoms with E-state index in [4.69, 9.17) is 10.8 Å². The summed E-state index contributed by atoms with van der Waals surface area (Å²) in [6.07, 6.45) is -0.0941. The van der Waals surface area contributed by atoms with Crippen molar-refractivity contribution < 1.29 is 9.90 Å². The Morgan fingerprint density at radius 3 is 2.92 bits per heavy atom.